The Labute approximate surface area is 208 Å². The van der Waals surface area contributed by atoms with Crippen LogP contribution < -0.4 is 5.32 Å². The predicted octanol–water partition coefficient (Wildman–Crippen LogP) is 5.68. The maximum Gasteiger partial charge on any atom is 0.247 e. The van der Waals surface area contributed by atoms with Crippen molar-refractivity contribution in [1.82, 2.24) is 14.7 Å². The molecular weight excluding hydrogens is 436 g/mol. The summed E-state index contributed by atoms with van der Waals surface area (Å²) in [6.07, 6.45) is 4.05. The molecule has 0 spiro atoms. The van der Waals surface area contributed by atoms with E-state index in [4.69, 9.17) is 5.10 Å². The highest BCUT2D eigenvalue weighted by Gasteiger charge is 2.23. The third-order valence-corrected chi connectivity index (χ3v) is 5.91. The van der Waals surface area contributed by atoms with Crippen molar-refractivity contribution in [2.45, 2.75) is 53.4 Å². The molecule has 3 aromatic rings. The first-order valence-electron chi connectivity index (χ1n) is 12.1. The molecule has 0 aliphatic heterocycles. The number of aryl methyl sites for hydroxylation is 1. The van der Waals surface area contributed by atoms with Crippen LogP contribution in [0.25, 0.3) is 11.8 Å². The number of anilines is 1. The molecule has 3 rings (SSSR count). The van der Waals surface area contributed by atoms with Crippen LogP contribution in [0, 0.1) is 13.8 Å². The topological polar surface area (TPSA) is 67.2 Å². The average Bonchev–Trinajstić information content (AvgIpc) is 3.23. The first kappa shape index (κ1) is 25.9. The Balaban J connectivity index is 1.83. The van der Waals surface area contributed by atoms with Crippen molar-refractivity contribution < 1.29 is 9.59 Å². The smallest absolute Gasteiger partial charge is 0.247 e. The molecule has 0 atom stereocenters. The van der Waals surface area contributed by atoms with Crippen LogP contribution in [-0.4, -0.2) is 39.6 Å². The fraction of sp³-hybridized carbons (Fsp3) is 0.345. The van der Waals surface area contributed by atoms with Gasteiger partial charge in [0.1, 0.15) is 12.4 Å². The van der Waals surface area contributed by atoms with Crippen LogP contribution in [0.15, 0.2) is 60.7 Å². The van der Waals surface area contributed by atoms with Gasteiger partial charge in [0.25, 0.3) is 0 Å². The number of amides is 2. The Bertz CT molecular complexity index is 1200. The third-order valence-electron chi connectivity index (χ3n) is 5.91. The number of carbonyl (C=O) groups is 2. The summed E-state index contributed by atoms with van der Waals surface area (Å²) in [5, 5.41) is 7.84. The van der Waals surface area contributed by atoms with Crippen LogP contribution in [0.3, 0.4) is 0 Å². The summed E-state index contributed by atoms with van der Waals surface area (Å²) >= 11 is 0. The zero-order valence-corrected chi connectivity index (χ0v) is 21.6. The van der Waals surface area contributed by atoms with E-state index in [0.717, 1.165) is 34.5 Å². The Morgan fingerprint density at radius 3 is 2.43 bits per heavy atom. The van der Waals surface area contributed by atoms with Crippen LogP contribution in [0.2, 0.25) is 0 Å². The lowest BCUT2D eigenvalue weighted by atomic mass is 9.92. The minimum atomic E-state index is -0.258. The van der Waals surface area contributed by atoms with Gasteiger partial charge in [-0.05, 0) is 49.1 Å². The summed E-state index contributed by atoms with van der Waals surface area (Å²) in [6.45, 7) is 12.8. The van der Waals surface area contributed by atoms with Crippen molar-refractivity contribution in [3.05, 3.63) is 83.1 Å². The first-order chi connectivity index (χ1) is 16.6. The molecule has 0 aliphatic carbocycles. The van der Waals surface area contributed by atoms with Gasteiger partial charge in [-0.3, -0.25) is 9.59 Å². The number of hydrogen-bond donors (Lipinski definition) is 1. The second kappa shape index (κ2) is 11.2. The molecule has 0 radical (unpaired) electrons. The van der Waals surface area contributed by atoms with Gasteiger partial charge in [0.05, 0.1) is 11.4 Å². The predicted molar refractivity (Wildman–Crippen MR) is 143 cm³/mol. The summed E-state index contributed by atoms with van der Waals surface area (Å²) in [7, 11) is 0. The summed E-state index contributed by atoms with van der Waals surface area (Å²) < 4.78 is 1.79. The fourth-order valence-electron chi connectivity index (χ4n) is 3.72. The van der Waals surface area contributed by atoms with Crippen LogP contribution >= 0.6 is 0 Å². The minimum absolute atomic E-state index is 0.0331. The van der Waals surface area contributed by atoms with Gasteiger partial charge >= 0.3 is 0 Å². The number of rotatable bonds is 8. The van der Waals surface area contributed by atoms with Crippen molar-refractivity contribution >= 4 is 23.7 Å². The van der Waals surface area contributed by atoms with Crippen LogP contribution in [-0.2, 0) is 15.0 Å². The summed E-state index contributed by atoms with van der Waals surface area (Å²) in [6, 6.07) is 17.6. The van der Waals surface area contributed by atoms with Crippen molar-refractivity contribution in [2.24, 2.45) is 0 Å². The van der Waals surface area contributed by atoms with Gasteiger partial charge < -0.3 is 10.2 Å². The number of hydrogen-bond acceptors (Lipinski definition) is 3. The zero-order valence-electron chi connectivity index (χ0n) is 21.6. The maximum atomic E-state index is 13.1. The molecule has 0 bridgehead atoms. The number of benzene rings is 2. The van der Waals surface area contributed by atoms with E-state index in [1.54, 1.807) is 15.7 Å². The molecule has 1 N–H and O–H groups in total. The lowest BCUT2D eigenvalue weighted by molar-refractivity contribution is -0.130. The monoisotopic (exact) mass is 472 g/mol. The molecule has 0 aliphatic rings. The summed E-state index contributed by atoms with van der Waals surface area (Å²) in [5.74, 6) is 0.147. The number of nitrogens with one attached hydrogen (secondary N) is 1. The van der Waals surface area contributed by atoms with Gasteiger partial charge in [0.15, 0.2) is 0 Å². The Morgan fingerprint density at radius 2 is 1.77 bits per heavy atom. The SMILES string of the molecule is CCCN(CC(=O)Nc1cc(C(C)(C)C)nn1-c1cccc(C)c1C)C(=O)/C=C/c1ccccc1. The molecule has 0 fully saturated rings. The van der Waals surface area contributed by atoms with Crippen LogP contribution in [0.5, 0.6) is 0 Å². The van der Waals surface area contributed by atoms with E-state index in [2.05, 4.69) is 46.0 Å². The Hall–Kier alpha value is -3.67. The second-order valence-electron chi connectivity index (χ2n) is 9.85. The van der Waals surface area contributed by atoms with Crippen LogP contribution in [0.4, 0.5) is 5.82 Å². The van der Waals surface area contributed by atoms with E-state index < -0.39 is 0 Å². The molecular formula is C29H36N4O2. The van der Waals surface area contributed by atoms with Crippen molar-refractivity contribution in [1.29, 1.82) is 0 Å². The molecule has 35 heavy (non-hydrogen) atoms. The highest BCUT2D eigenvalue weighted by molar-refractivity contribution is 5.97. The minimum Gasteiger partial charge on any atom is -0.330 e. The van der Waals surface area contributed by atoms with Gasteiger partial charge in [-0.1, -0.05) is 70.2 Å². The van der Waals surface area contributed by atoms with Crippen molar-refractivity contribution in [3.63, 3.8) is 0 Å². The largest absolute Gasteiger partial charge is 0.330 e. The van der Waals surface area contributed by atoms with E-state index in [1.807, 2.05) is 55.5 Å². The van der Waals surface area contributed by atoms with Crippen molar-refractivity contribution in [3.8, 4) is 5.69 Å². The molecule has 2 aromatic carbocycles. The van der Waals surface area contributed by atoms with E-state index in [-0.39, 0.29) is 23.8 Å². The van der Waals surface area contributed by atoms with Gasteiger partial charge in [-0.15, -0.1) is 0 Å². The van der Waals surface area contributed by atoms with E-state index in [0.29, 0.717) is 12.4 Å². The fourth-order valence-corrected chi connectivity index (χ4v) is 3.72. The molecule has 0 unspecified atom stereocenters. The molecule has 6 nitrogen and oxygen atoms in total. The summed E-state index contributed by atoms with van der Waals surface area (Å²) in [5.41, 5.74) is 4.80. The molecule has 0 saturated carbocycles. The van der Waals surface area contributed by atoms with E-state index >= 15 is 0 Å². The Kier molecular flexibility index (Phi) is 8.28. The lowest BCUT2D eigenvalue weighted by Gasteiger charge is -2.20. The summed E-state index contributed by atoms with van der Waals surface area (Å²) in [4.78, 5) is 27.5. The van der Waals surface area contributed by atoms with Gasteiger partial charge in [0, 0.05) is 24.1 Å². The lowest BCUT2D eigenvalue weighted by Crippen LogP contribution is -2.37. The second-order valence-corrected chi connectivity index (χ2v) is 9.85. The quantitative estimate of drug-likeness (QED) is 0.429. The average molecular weight is 473 g/mol. The molecule has 2 amide bonds. The molecule has 184 valence electrons. The maximum absolute atomic E-state index is 13.1. The van der Waals surface area contributed by atoms with Gasteiger partial charge in [0.2, 0.25) is 11.8 Å². The highest BCUT2D eigenvalue weighted by atomic mass is 16.2. The van der Waals surface area contributed by atoms with Crippen molar-refractivity contribution in [2.75, 3.05) is 18.4 Å². The number of aromatic nitrogens is 2. The number of carbonyl (C=O) groups excluding carboxylic acids is 2. The highest BCUT2D eigenvalue weighted by Crippen LogP contribution is 2.28. The van der Waals surface area contributed by atoms with Gasteiger partial charge in [-0.2, -0.15) is 5.10 Å². The van der Waals surface area contributed by atoms with Gasteiger partial charge in [-0.25, -0.2) is 4.68 Å². The van der Waals surface area contributed by atoms with E-state index in [9.17, 15) is 9.59 Å². The molecule has 1 heterocycles. The molecule has 0 saturated heterocycles. The Morgan fingerprint density at radius 1 is 1.06 bits per heavy atom. The van der Waals surface area contributed by atoms with E-state index in [1.165, 1.54) is 6.08 Å². The zero-order chi connectivity index (χ0) is 25.6. The third kappa shape index (κ3) is 6.69. The normalized spacial score (nSPS) is 11.6. The van der Waals surface area contributed by atoms with Crippen LogP contribution in [0.1, 0.15) is 56.5 Å². The number of nitrogens with zero attached hydrogens (tertiary/aromatic N) is 3. The molecule has 6 heteroatoms. The standard InChI is InChI=1S/C29H36N4O2/c1-7-18-32(28(35)17-16-23-13-9-8-10-14-23)20-27(34)30-26-19-25(29(4,5)6)31-33(26)24-15-11-12-21(2)22(24)3/h8-17,19H,7,18,20H2,1-6H3,(H,30,34)/b17-16+. The first-order valence-corrected chi connectivity index (χ1v) is 12.1. The molecule has 1 aromatic heterocycles.